The summed E-state index contributed by atoms with van der Waals surface area (Å²) in [7, 11) is 0. The molecule has 0 N–H and O–H groups in total. The summed E-state index contributed by atoms with van der Waals surface area (Å²) < 4.78 is 4.07. The molecule has 0 spiro atoms. The van der Waals surface area contributed by atoms with Crippen molar-refractivity contribution in [1.82, 2.24) is 0 Å². The molecule has 0 rings (SSSR count). The lowest BCUT2D eigenvalue weighted by Crippen LogP contribution is -2.03. The Kier molecular flexibility index (Phi) is 4.79. The van der Waals surface area contributed by atoms with Crippen molar-refractivity contribution in [2.24, 2.45) is 9.81 Å². The van der Waals surface area contributed by atoms with E-state index in [1.165, 1.54) is 18.4 Å². The van der Waals surface area contributed by atoms with E-state index in [2.05, 4.69) is 25.2 Å². The Morgan fingerprint density at radius 2 is 2.00 bits per heavy atom. The van der Waals surface area contributed by atoms with E-state index in [-0.39, 0.29) is 0 Å². The minimum Gasteiger partial charge on any atom is -0.229 e. The Labute approximate surface area is 68.4 Å². The molecule has 0 aromatic carbocycles. The van der Waals surface area contributed by atoms with Crippen LogP contribution in [0.15, 0.2) is 4.40 Å². The zero-order valence-electron chi connectivity index (χ0n) is 7.35. The van der Waals surface area contributed by atoms with Gasteiger partial charge in [0.1, 0.15) is 0 Å². The first-order chi connectivity index (χ1) is 4.56. The minimum absolute atomic E-state index is 0.449. The lowest BCUT2D eigenvalue weighted by Gasteiger charge is -2.15. The zero-order chi connectivity index (χ0) is 8.04. The third-order valence-corrected chi connectivity index (χ3v) is 1.56. The van der Waals surface area contributed by atoms with Crippen LogP contribution in [0.1, 0.15) is 33.6 Å². The number of rotatable bonds is 3. The molecule has 2 heteroatoms. The summed E-state index contributed by atoms with van der Waals surface area (Å²) in [6.45, 7) is 6.75. The summed E-state index contributed by atoms with van der Waals surface area (Å²) in [5.41, 5.74) is 0.449. The van der Waals surface area contributed by atoms with Gasteiger partial charge in [-0.3, -0.25) is 0 Å². The number of hydrogen-bond donors (Lipinski definition) is 0. The first-order valence-corrected chi connectivity index (χ1v) is 4.79. The van der Waals surface area contributed by atoms with E-state index in [0.717, 1.165) is 6.42 Å². The average Bonchev–Trinajstić information content (AvgIpc) is 1.78. The van der Waals surface area contributed by atoms with Gasteiger partial charge in [-0.2, -0.15) is 0 Å². The van der Waals surface area contributed by atoms with Crippen molar-refractivity contribution >= 4 is 18.2 Å². The summed E-state index contributed by atoms with van der Waals surface area (Å²) in [6.07, 6.45) is 6.30. The van der Waals surface area contributed by atoms with Gasteiger partial charge in [0.05, 0.1) is 0 Å². The van der Waals surface area contributed by atoms with Crippen LogP contribution in [0.5, 0.6) is 0 Å². The summed E-state index contributed by atoms with van der Waals surface area (Å²) in [5, 5.41) is 0. The first-order valence-electron chi connectivity index (χ1n) is 3.61. The molecule has 0 aliphatic carbocycles. The van der Waals surface area contributed by atoms with Gasteiger partial charge < -0.3 is 0 Å². The van der Waals surface area contributed by atoms with Gasteiger partial charge in [-0.05, 0) is 30.2 Å². The average molecular weight is 159 g/mol. The predicted octanol–water partition coefficient (Wildman–Crippen LogP) is 3.16. The maximum Gasteiger partial charge on any atom is 0.0126 e. The third-order valence-electron chi connectivity index (χ3n) is 1.20. The molecule has 0 fully saturated rings. The van der Waals surface area contributed by atoms with Gasteiger partial charge in [0.15, 0.2) is 0 Å². The molecule has 10 heavy (non-hydrogen) atoms. The van der Waals surface area contributed by atoms with E-state index in [1.54, 1.807) is 0 Å². The second kappa shape index (κ2) is 4.78. The van der Waals surface area contributed by atoms with Crippen LogP contribution in [0.25, 0.3) is 0 Å². The van der Waals surface area contributed by atoms with Crippen LogP contribution in [0, 0.1) is 5.41 Å². The van der Waals surface area contributed by atoms with Crippen molar-refractivity contribution in [2.75, 3.05) is 6.26 Å². The van der Waals surface area contributed by atoms with Crippen LogP contribution >= 0.6 is 11.9 Å². The van der Waals surface area contributed by atoms with Gasteiger partial charge in [0.25, 0.3) is 0 Å². The summed E-state index contributed by atoms with van der Waals surface area (Å²) in [4.78, 5) is 0. The highest BCUT2D eigenvalue weighted by Gasteiger charge is 2.07. The minimum atomic E-state index is 0.449. The van der Waals surface area contributed by atoms with Crippen molar-refractivity contribution in [1.29, 1.82) is 0 Å². The van der Waals surface area contributed by atoms with Gasteiger partial charge in [0, 0.05) is 12.5 Å². The van der Waals surface area contributed by atoms with Gasteiger partial charge in [-0.1, -0.05) is 20.8 Å². The molecule has 0 unspecified atom stereocenters. The SMILES string of the molecule is CS/N=C\CCC(C)(C)C. The van der Waals surface area contributed by atoms with Crippen molar-refractivity contribution in [3.8, 4) is 0 Å². The molecular weight excluding hydrogens is 142 g/mol. The van der Waals surface area contributed by atoms with Gasteiger partial charge in [0.2, 0.25) is 0 Å². The Morgan fingerprint density at radius 3 is 2.40 bits per heavy atom. The molecule has 1 nitrogen and oxygen atoms in total. The van der Waals surface area contributed by atoms with Crippen LogP contribution < -0.4 is 0 Å². The number of hydrogen-bond acceptors (Lipinski definition) is 2. The normalized spacial score (nSPS) is 12.8. The quantitative estimate of drug-likeness (QED) is 0.455. The van der Waals surface area contributed by atoms with E-state index in [4.69, 9.17) is 0 Å². The molecule has 0 aromatic rings. The molecule has 60 valence electrons. The largest absolute Gasteiger partial charge is 0.229 e. The second-order valence-electron chi connectivity index (χ2n) is 3.57. The molecular formula is C8H17NS. The van der Waals surface area contributed by atoms with Crippen molar-refractivity contribution in [2.45, 2.75) is 33.6 Å². The number of nitrogens with zero attached hydrogens (tertiary/aromatic N) is 1. The van der Waals surface area contributed by atoms with E-state index >= 15 is 0 Å². The zero-order valence-corrected chi connectivity index (χ0v) is 8.16. The summed E-state index contributed by atoms with van der Waals surface area (Å²) in [5.74, 6) is 0. The highest BCUT2D eigenvalue weighted by Crippen LogP contribution is 2.19. The van der Waals surface area contributed by atoms with Crippen LogP contribution in [-0.2, 0) is 0 Å². The topological polar surface area (TPSA) is 12.4 Å². The van der Waals surface area contributed by atoms with E-state index in [0.29, 0.717) is 5.41 Å². The summed E-state index contributed by atoms with van der Waals surface area (Å²) in [6, 6.07) is 0. The Hall–Kier alpha value is 0.0200. The van der Waals surface area contributed by atoms with Crippen LogP contribution in [-0.4, -0.2) is 12.5 Å². The lowest BCUT2D eigenvalue weighted by molar-refractivity contribution is 0.387. The smallest absolute Gasteiger partial charge is 0.0126 e. The molecule has 0 aliphatic heterocycles. The second-order valence-corrected chi connectivity index (χ2v) is 4.15. The maximum atomic E-state index is 4.07. The third kappa shape index (κ3) is 8.02. The fourth-order valence-corrected chi connectivity index (χ4v) is 0.879. The van der Waals surface area contributed by atoms with Crippen LogP contribution in [0.3, 0.4) is 0 Å². The molecule has 0 bridgehead atoms. The standard InChI is InChI=1S/C8H17NS/c1-8(2,3)6-5-7-9-10-4/h7H,5-6H2,1-4H3/b9-7-. The van der Waals surface area contributed by atoms with Crippen molar-refractivity contribution in [3.05, 3.63) is 0 Å². The van der Waals surface area contributed by atoms with E-state index < -0.39 is 0 Å². The Balaban J connectivity index is 3.28. The molecule has 0 radical (unpaired) electrons. The lowest BCUT2D eigenvalue weighted by atomic mass is 9.91. The van der Waals surface area contributed by atoms with Crippen LogP contribution in [0.4, 0.5) is 0 Å². The summed E-state index contributed by atoms with van der Waals surface area (Å²) >= 11 is 1.52. The highest BCUT2D eigenvalue weighted by molar-refractivity contribution is 7.97. The molecule has 0 atom stereocenters. The molecule has 0 heterocycles. The fourth-order valence-electron chi connectivity index (χ4n) is 0.625. The fraction of sp³-hybridized carbons (Fsp3) is 0.875. The molecule has 0 saturated carbocycles. The first kappa shape index (κ1) is 10.0. The Bertz CT molecular complexity index is 102. The maximum absolute atomic E-state index is 4.07. The highest BCUT2D eigenvalue weighted by atomic mass is 32.2. The van der Waals surface area contributed by atoms with Crippen molar-refractivity contribution < 1.29 is 0 Å². The molecule has 0 saturated heterocycles. The van der Waals surface area contributed by atoms with Gasteiger partial charge in [-0.25, -0.2) is 4.40 Å². The molecule has 0 aliphatic rings. The Morgan fingerprint density at radius 1 is 1.40 bits per heavy atom. The van der Waals surface area contributed by atoms with E-state index in [9.17, 15) is 0 Å². The van der Waals surface area contributed by atoms with Gasteiger partial charge >= 0.3 is 0 Å². The molecule has 0 amide bonds. The monoisotopic (exact) mass is 159 g/mol. The van der Waals surface area contributed by atoms with E-state index in [1.807, 2.05) is 12.5 Å². The van der Waals surface area contributed by atoms with Crippen molar-refractivity contribution in [3.63, 3.8) is 0 Å². The van der Waals surface area contributed by atoms with Gasteiger partial charge in [-0.15, -0.1) is 0 Å². The molecule has 0 aromatic heterocycles. The van der Waals surface area contributed by atoms with Crippen LogP contribution in [0.2, 0.25) is 0 Å². The predicted molar refractivity (Wildman–Crippen MR) is 50.7 cm³/mol.